The molecule has 2 aliphatic heterocycles. The summed E-state index contributed by atoms with van der Waals surface area (Å²) in [6, 6.07) is 5.07. The molecular formula is C22H28N4O5. The van der Waals surface area contributed by atoms with E-state index in [2.05, 4.69) is 5.32 Å². The highest BCUT2D eigenvalue weighted by Gasteiger charge is 2.33. The van der Waals surface area contributed by atoms with Gasteiger partial charge in [-0.25, -0.2) is 9.59 Å². The number of rotatable bonds is 2. The molecule has 0 radical (unpaired) electrons. The molecule has 166 valence electrons. The Labute approximate surface area is 179 Å². The average Bonchev–Trinajstić information content (AvgIpc) is 3.26. The van der Waals surface area contributed by atoms with E-state index in [1.807, 2.05) is 39.0 Å². The topological polar surface area (TPSA) is 103 Å². The number of amides is 3. The minimum absolute atomic E-state index is 0.144. The minimum atomic E-state index is -0.700. The van der Waals surface area contributed by atoms with Gasteiger partial charge in [0.15, 0.2) is 0 Å². The molecule has 4 rings (SSSR count). The molecule has 2 aliphatic rings. The molecule has 0 saturated carbocycles. The number of imide groups is 1. The summed E-state index contributed by atoms with van der Waals surface area (Å²) in [7, 11) is 1.68. The first-order chi connectivity index (χ1) is 14.5. The summed E-state index contributed by atoms with van der Waals surface area (Å²) < 4.78 is 8.48. The summed E-state index contributed by atoms with van der Waals surface area (Å²) in [6.45, 7) is 6.72. The van der Waals surface area contributed by atoms with Gasteiger partial charge < -0.3 is 9.64 Å². The van der Waals surface area contributed by atoms with E-state index in [9.17, 15) is 19.2 Å². The number of hydrogen-bond acceptors (Lipinski definition) is 5. The Morgan fingerprint density at radius 2 is 1.87 bits per heavy atom. The second-order valence-electron chi connectivity index (χ2n) is 9.34. The number of aryl methyl sites for hydroxylation is 1. The van der Waals surface area contributed by atoms with Crippen molar-refractivity contribution in [3.63, 3.8) is 0 Å². The number of fused-ring (bicyclic) bond motifs is 1. The van der Waals surface area contributed by atoms with Gasteiger partial charge >= 0.3 is 11.8 Å². The third-order valence-electron chi connectivity index (χ3n) is 5.95. The highest BCUT2D eigenvalue weighted by Crippen LogP contribution is 2.31. The van der Waals surface area contributed by atoms with E-state index in [0.717, 1.165) is 17.5 Å². The normalized spacial score (nSPS) is 22.1. The molecule has 2 saturated heterocycles. The van der Waals surface area contributed by atoms with Gasteiger partial charge in [-0.1, -0.05) is 6.07 Å². The summed E-state index contributed by atoms with van der Waals surface area (Å²) in [6.07, 6.45) is 1.01. The Morgan fingerprint density at radius 1 is 1.13 bits per heavy atom. The molecule has 1 N–H and O–H groups in total. The Balaban J connectivity index is 1.61. The third kappa shape index (κ3) is 3.96. The molecule has 0 aliphatic carbocycles. The molecule has 3 heterocycles. The van der Waals surface area contributed by atoms with Crippen LogP contribution in [-0.2, 0) is 21.4 Å². The Morgan fingerprint density at radius 3 is 2.55 bits per heavy atom. The number of carbonyl (C=O) groups excluding carboxylic acids is 3. The molecule has 1 aromatic carbocycles. The van der Waals surface area contributed by atoms with Gasteiger partial charge in [-0.3, -0.25) is 24.0 Å². The van der Waals surface area contributed by atoms with E-state index < -0.39 is 17.6 Å². The van der Waals surface area contributed by atoms with E-state index in [1.165, 1.54) is 9.13 Å². The number of benzene rings is 1. The molecule has 9 nitrogen and oxygen atoms in total. The fourth-order valence-corrected chi connectivity index (χ4v) is 4.39. The number of ether oxygens (including phenoxy) is 1. The lowest BCUT2D eigenvalue weighted by Gasteiger charge is -2.24. The minimum Gasteiger partial charge on any atom is -0.444 e. The van der Waals surface area contributed by atoms with Crippen molar-refractivity contribution in [1.29, 1.82) is 0 Å². The smallest absolute Gasteiger partial charge is 0.410 e. The third-order valence-corrected chi connectivity index (χ3v) is 5.95. The molecule has 1 aromatic heterocycles. The van der Waals surface area contributed by atoms with Gasteiger partial charge in [0.2, 0.25) is 11.8 Å². The van der Waals surface area contributed by atoms with Crippen LogP contribution < -0.4 is 11.0 Å². The molecule has 31 heavy (non-hydrogen) atoms. The van der Waals surface area contributed by atoms with Gasteiger partial charge in [0.05, 0.1) is 11.0 Å². The van der Waals surface area contributed by atoms with Gasteiger partial charge in [-0.05, 0) is 51.3 Å². The molecule has 0 spiro atoms. The SMILES string of the molecule is Cn1c(=O)n(C2CCC(=O)NC2=O)c2ccc([C@@H]3CCN(C(=O)OC(C)(C)C)C3)cc21. The second kappa shape index (κ2) is 7.55. The van der Waals surface area contributed by atoms with Crippen LogP contribution in [0.15, 0.2) is 23.0 Å². The number of hydrogen-bond donors (Lipinski definition) is 1. The monoisotopic (exact) mass is 428 g/mol. The van der Waals surface area contributed by atoms with Gasteiger partial charge in [-0.15, -0.1) is 0 Å². The summed E-state index contributed by atoms with van der Waals surface area (Å²) in [5.74, 6) is -0.614. The summed E-state index contributed by atoms with van der Waals surface area (Å²) in [4.78, 5) is 50.8. The number of carbonyl (C=O) groups is 3. The zero-order chi connectivity index (χ0) is 22.5. The molecule has 0 bridgehead atoms. The van der Waals surface area contributed by atoms with E-state index in [-0.39, 0.29) is 30.0 Å². The number of imidazole rings is 1. The maximum absolute atomic E-state index is 12.9. The van der Waals surface area contributed by atoms with Crippen LogP contribution >= 0.6 is 0 Å². The Bertz CT molecular complexity index is 1120. The first-order valence-corrected chi connectivity index (χ1v) is 10.6. The van der Waals surface area contributed by atoms with Crippen molar-refractivity contribution in [3.05, 3.63) is 34.2 Å². The van der Waals surface area contributed by atoms with Crippen molar-refractivity contribution in [2.24, 2.45) is 7.05 Å². The maximum atomic E-state index is 12.9. The lowest BCUT2D eigenvalue weighted by Crippen LogP contribution is -2.44. The highest BCUT2D eigenvalue weighted by atomic mass is 16.6. The van der Waals surface area contributed by atoms with Gasteiger partial charge in [-0.2, -0.15) is 0 Å². The highest BCUT2D eigenvalue weighted by molar-refractivity contribution is 6.00. The lowest BCUT2D eigenvalue weighted by atomic mass is 9.98. The molecule has 2 atom stereocenters. The summed E-state index contributed by atoms with van der Waals surface area (Å²) in [5, 5.41) is 2.32. The quantitative estimate of drug-likeness (QED) is 0.738. The first-order valence-electron chi connectivity index (χ1n) is 10.6. The number of piperidine rings is 1. The molecule has 3 amide bonds. The van der Waals surface area contributed by atoms with Gasteiger partial charge in [0, 0.05) is 32.5 Å². The average molecular weight is 428 g/mol. The van der Waals surface area contributed by atoms with Crippen LogP contribution in [0.4, 0.5) is 4.79 Å². The molecule has 2 fully saturated rings. The fraction of sp³-hybridized carbons (Fsp3) is 0.545. The zero-order valence-electron chi connectivity index (χ0n) is 18.3. The second-order valence-corrected chi connectivity index (χ2v) is 9.34. The fourth-order valence-electron chi connectivity index (χ4n) is 4.39. The Kier molecular flexibility index (Phi) is 5.15. The van der Waals surface area contributed by atoms with Crippen LogP contribution in [-0.4, -0.2) is 50.6 Å². The van der Waals surface area contributed by atoms with Crippen LogP contribution in [0.1, 0.15) is 57.6 Å². The maximum Gasteiger partial charge on any atom is 0.410 e. The van der Waals surface area contributed by atoms with Crippen molar-refractivity contribution in [1.82, 2.24) is 19.4 Å². The zero-order valence-corrected chi connectivity index (χ0v) is 18.3. The molecule has 9 heteroatoms. The van der Waals surface area contributed by atoms with Crippen molar-refractivity contribution < 1.29 is 19.1 Å². The molecule has 2 aromatic rings. The van der Waals surface area contributed by atoms with Crippen LogP contribution in [0, 0.1) is 0 Å². The predicted octanol–water partition coefficient (Wildman–Crippen LogP) is 2.04. The van der Waals surface area contributed by atoms with E-state index >= 15 is 0 Å². The van der Waals surface area contributed by atoms with Crippen molar-refractivity contribution >= 4 is 28.9 Å². The predicted molar refractivity (Wildman–Crippen MR) is 114 cm³/mol. The van der Waals surface area contributed by atoms with Gasteiger partial charge in [0.1, 0.15) is 11.6 Å². The Hall–Kier alpha value is -3.10. The van der Waals surface area contributed by atoms with Crippen molar-refractivity contribution in [2.75, 3.05) is 13.1 Å². The van der Waals surface area contributed by atoms with Crippen molar-refractivity contribution in [3.8, 4) is 0 Å². The van der Waals surface area contributed by atoms with Crippen LogP contribution in [0.3, 0.4) is 0 Å². The number of nitrogens with zero attached hydrogens (tertiary/aromatic N) is 3. The first kappa shape index (κ1) is 21.1. The lowest BCUT2D eigenvalue weighted by molar-refractivity contribution is -0.135. The van der Waals surface area contributed by atoms with E-state index in [0.29, 0.717) is 25.0 Å². The standard InChI is InChI=1S/C22H28N4O5/c1-22(2,3)31-21(30)25-10-9-14(12-25)13-5-6-15-17(11-13)24(4)20(29)26(15)16-7-8-18(27)23-19(16)28/h5-6,11,14,16H,7-10,12H2,1-4H3,(H,23,27,28)/t14-,16?/m1/s1. The number of nitrogens with one attached hydrogen (secondary N) is 1. The van der Waals surface area contributed by atoms with E-state index in [1.54, 1.807) is 11.9 Å². The molecular weight excluding hydrogens is 400 g/mol. The van der Waals surface area contributed by atoms with Crippen LogP contribution in [0.5, 0.6) is 0 Å². The van der Waals surface area contributed by atoms with Crippen LogP contribution in [0.2, 0.25) is 0 Å². The van der Waals surface area contributed by atoms with Gasteiger partial charge in [0.25, 0.3) is 0 Å². The summed E-state index contributed by atoms with van der Waals surface area (Å²) >= 11 is 0. The van der Waals surface area contributed by atoms with E-state index in [4.69, 9.17) is 4.74 Å². The summed E-state index contributed by atoms with van der Waals surface area (Å²) in [5.41, 5.74) is 1.60. The number of likely N-dealkylation sites (tertiary alicyclic amines) is 1. The van der Waals surface area contributed by atoms with Crippen LogP contribution in [0.25, 0.3) is 11.0 Å². The van der Waals surface area contributed by atoms with Crippen molar-refractivity contribution in [2.45, 2.75) is 57.6 Å². The number of aromatic nitrogens is 2. The molecule has 1 unspecified atom stereocenters. The largest absolute Gasteiger partial charge is 0.444 e.